The van der Waals surface area contributed by atoms with Gasteiger partial charge in [-0.25, -0.2) is 13.8 Å². The summed E-state index contributed by atoms with van der Waals surface area (Å²) in [4.78, 5) is 20.1. The Labute approximate surface area is 199 Å². The Morgan fingerprint density at radius 1 is 1.21 bits per heavy atom. The smallest absolute Gasteiger partial charge is 0.259 e. The van der Waals surface area contributed by atoms with Gasteiger partial charge >= 0.3 is 0 Å². The molecule has 1 aromatic carbocycles. The molecule has 4 rings (SSSR count). The van der Waals surface area contributed by atoms with E-state index in [4.69, 9.17) is 0 Å². The van der Waals surface area contributed by atoms with Crippen LogP contribution in [0.1, 0.15) is 54.1 Å². The van der Waals surface area contributed by atoms with Gasteiger partial charge in [0.25, 0.3) is 5.91 Å². The molecule has 1 amide bonds. The second-order valence-electron chi connectivity index (χ2n) is 9.00. The van der Waals surface area contributed by atoms with Crippen molar-refractivity contribution in [2.45, 2.75) is 51.9 Å². The molecular weight excluding hydrogens is 436 g/mol. The highest BCUT2D eigenvalue weighted by Crippen LogP contribution is 2.34. The summed E-state index contributed by atoms with van der Waals surface area (Å²) < 4.78 is 29.8. The summed E-state index contributed by atoms with van der Waals surface area (Å²) in [6, 6.07) is 7.80. The highest BCUT2D eigenvalue weighted by atomic mass is 19.3. The van der Waals surface area contributed by atoms with Crippen molar-refractivity contribution in [1.82, 2.24) is 14.8 Å². The molecule has 3 aromatic rings. The summed E-state index contributed by atoms with van der Waals surface area (Å²) in [5.74, 6) is -2.54. The summed E-state index contributed by atoms with van der Waals surface area (Å²) in [6.45, 7) is 4.57. The number of alkyl halides is 2. The Balaban J connectivity index is 1.74. The molecule has 2 aromatic heterocycles. The number of aryl methyl sites for hydroxylation is 2. The first kappa shape index (κ1) is 23.9. The Kier molecular flexibility index (Phi) is 6.95. The summed E-state index contributed by atoms with van der Waals surface area (Å²) >= 11 is 0. The zero-order valence-corrected chi connectivity index (χ0v) is 19.9. The van der Waals surface area contributed by atoms with Crippen LogP contribution in [0.15, 0.2) is 42.9 Å². The first-order valence-corrected chi connectivity index (χ1v) is 11.8. The molecule has 1 aliphatic rings. The van der Waals surface area contributed by atoms with Crippen LogP contribution in [-0.2, 0) is 13.5 Å². The zero-order chi connectivity index (χ0) is 24.3. The second-order valence-corrected chi connectivity index (χ2v) is 9.00. The van der Waals surface area contributed by atoms with Crippen molar-refractivity contribution in [3.05, 3.63) is 59.5 Å². The molecule has 0 unspecified atom stereocenters. The van der Waals surface area contributed by atoms with Gasteiger partial charge in [-0.1, -0.05) is 25.5 Å². The molecule has 1 fully saturated rings. The maximum Gasteiger partial charge on any atom is 0.259 e. The molecule has 1 aliphatic heterocycles. The molecule has 0 radical (unpaired) electrons. The van der Waals surface area contributed by atoms with Crippen LogP contribution in [0.25, 0.3) is 11.1 Å². The highest BCUT2D eigenvalue weighted by molar-refractivity contribution is 6.09. The van der Waals surface area contributed by atoms with Crippen molar-refractivity contribution in [1.29, 1.82) is 0 Å². The number of halogens is 2. The van der Waals surface area contributed by atoms with E-state index in [1.54, 1.807) is 17.1 Å². The van der Waals surface area contributed by atoms with Crippen molar-refractivity contribution in [2.24, 2.45) is 7.05 Å². The Hall–Kier alpha value is -3.29. The summed E-state index contributed by atoms with van der Waals surface area (Å²) in [5.41, 5.74) is 4.65. The van der Waals surface area contributed by atoms with Crippen molar-refractivity contribution < 1.29 is 13.6 Å². The molecule has 34 heavy (non-hydrogen) atoms. The molecule has 3 heterocycles. The van der Waals surface area contributed by atoms with E-state index >= 15 is 0 Å². The van der Waals surface area contributed by atoms with Crippen molar-refractivity contribution >= 4 is 17.4 Å². The van der Waals surface area contributed by atoms with Crippen LogP contribution < -0.4 is 10.2 Å². The van der Waals surface area contributed by atoms with Gasteiger partial charge in [-0.2, -0.15) is 5.10 Å². The van der Waals surface area contributed by atoms with Gasteiger partial charge in [0.05, 0.1) is 11.8 Å². The van der Waals surface area contributed by atoms with Crippen LogP contribution in [0.2, 0.25) is 0 Å². The van der Waals surface area contributed by atoms with Gasteiger partial charge in [-0.05, 0) is 43.0 Å². The van der Waals surface area contributed by atoms with Gasteiger partial charge in [-0.15, -0.1) is 0 Å². The molecular formula is C26H31F2N5O. The van der Waals surface area contributed by atoms with Crippen LogP contribution in [0, 0.1) is 6.92 Å². The van der Waals surface area contributed by atoms with E-state index in [1.807, 2.05) is 49.3 Å². The summed E-state index contributed by atoms with van der Waals surface area (Å²) in [6.07, 6.45) is 7.19. The normalized spacial score (nSPS) is 15.7. The van der Waals surface area contributed by atoms with Crippen molar-refractivity contribution in [2.75, 3.05) is 23.3 Å². The monoisotopic (exact) mass is 467 g/mol. The first-order chi connectivity index (χ1) is 16.3. The summed E-state index contributed by atoms with van der Waals surface area (Å²) in [5, 5.41) is 7.26. The average Bonchev–Trinajstić information content (AvgIpc) is 3.13. The van der Waals surface area contributed by atoms with Gasteiger partial charge in [0, 0.05) is 62.2 Å². The van der Waals surface area contributed by atoms with Crippen LogP contribution in [0.4, 0.5) is 20.3 Å². The minimum absolute atomic E-state index is 0.151. The number of hydrogen-bond acceptors (Lipinski definition) is 4. The van der Waals surface area contributed by atoms with Crippen LogP contribution in [0.5, 0.6) is 0 Å². The minimum Gasteiger partial charge on any atom is -0.356 e. The highest BCUT2D eigenvalue weighted by Gasteiger charge is 2.33. The predicted molar refractivity (Wildman–Crippen MR) is 131 cm³/mol. The van der Waals surface area contributed by atoms with Gasteiger partial charge in [0.15, 0.2) is 0 Å². The number of aromatic nitrogens is 3. The van der Waals surface area contributed by atoms with Crippen molar-refractivity contribution in [3.63, 3.8) is 0 Å². The van der Waals surface area contributed by atoms with Gasteiger partial charge in [-0.3, -0.25) is 9.48 Å². The molecule has 6 nitrogen and oxygen atoms in total. The van der Waals surface area contributed by atoms with E-state index in [1.165, 1.54) is 0 Å². The molecule has 180 valence electrons. The Bertz CT molecular complexity index is 1170. The number of nitrogens with one attached hydrogen (secondary N) is 1. The third-order valence-corrected chi connectivity index (χ3v) is 6.30. The molecule has 1 saturated heterocycles. The number of amides is 1. The molecule has 0 spiro atoms. The SMILES string of the molecule is CCCc1cccc(NC(=O)c2c(N3CCCC(F)(F)CC3)ncc(-c3cnn(C)c3)c2C)c1. The van der Waals surface area contributed by atoms with Gasteiger partial charge < -0.3 is 10.2 Å². The Morgan fingerprint density at radius 2 is 2.03 bits per heavy atom. The first-order valence-electron chi connectivity index (χ1n) is 11.8. The largest absolute Gasteiger partial charge is 0.356 e. The number of carbonyl (C=O) groups excluding carboxylic acids is 1. The maximum absolute atomic E-state index is 14.0. The molecule has 0 aliphatic carbocycles. The quantitative estimate of drug-likeness (QED) is 0.511. The molecule has 0 bridgehead atoms. The van der Waals surface area contributed by atoms with E-state index in [0.29, 0.717) is 30.0 Å². The summed E-state index contributed by atoms with van der Waals surface area (Å²) in [7, 11) is 1.83. The molecule has 8 heteroatoms. The van der Waals surface area contributed by atoms with Gasteiger partial charge in [0.2, 0.25) is 5.92 Å². The lowest BCUT2D eigenvalue weighted by atomic mass is 9.99. The minimum atomic E-state index is -2.69. The fourth-order valence-electron chi connectivity index (χ4n) is 4.51. The topological polar surface area (TPSA) is 63.1 Å². The number of carbonyl (C=O) groups is 1. The van der Waals surface area contributed by atoms with E-state index in [2.05, 4.69) is 22.3 Å². The van der Waals surface area contributed by atoms with E-state index < -0.39 is 5.92 Å². The lowest BCUT2D eigenvalue weighted by molar-refractivity contribution is -0.0102. The van der Waals surface area contributed by atoms with E-state index in [0.717, 1.165) is 35.1 Å². The van der Waals surface area contributed by atoms with Crippen LogP contribution in [-0.4, -0.2) is 39.7 Å². The molecule has 1 N–H and O–H groups in total. The lowest BCUT2D eigenvalue weighted by Crippen LogP contribution is -2.30. The number of nitrogens with zero attached hydrogens (tertiary/aromatic N) is 4. The molecule has 0 atom stereocenters. The van der Waals surface area contributed by atoms with E-state index in [9.17, 15) is 13.6 Å². The fraction of sp³-hybridized carbons (Fsp3) is 0.423. The third kappa shape index (κ3) is 5.26. The average molecular weight is 468 g/mol. The zero-order valence-electron chi connectivity index (χ0n) is 19.9. The second kappa shape index (κ2) is 9.91. The number of hydrogen-bond donors (Lipinski definition) is 1. The lowest BCUT2D eigenvalue weighted by Gasteiger charge is -2.26. The Morgan fingerprint density at radius 3 is 2.76 bits per heavy atom. The molecule has 0 saturated carbocycles. The number of benzene rings is 1. The van der Waals surface area contributed by atoms with Crippen molar-refractivity contribution in [3.8, 4) is 11.1 Å². The van der Waals surface area contributed by atoms with Gasteiger partial charge in [0.1, 0.15) is 5.82 Å². The van der Waals surface area contributed by atoms with E-state index in [-0.39, 0.29) is 25.3 Å². The predicted octanol–water partition coefficient (Wildman–Crippen LogP) is 5.62. The number of rotatable bonds is 6. The van der Waals surface area contributed by atoms with Crippen LogP contribution >= 0.6 is 0 Å². The third-order valence-electron chi connectivity index (χ3n) is 6.30. The number of anilines is 2. The maximum atomic E-state index is 14.0. The van der Waals surface area contributed by atoms with Crippen LogP contribution in [0.3, 0.4) is 0 Å². The fourth-order valence-corrected chi connectivity index (χ4v) is 4.51. The standard InChI is InChI=1S/C26H31F2N5O/c1-4-7-19-8-5-9-21(14-19)31-25(34)23-18(2)22(20-15-30-32(3)17-20)16-29-24(23)33-12-6-10-26(27,28)11-13-33/h5,8-9,14-17H,4,6-7,10-13H2,1-3H3,(H,31,34). The number of pyridine rings is 1.